The SMILES string of the molecule is CCCCCCOC(=O)CCCOCCOCCOCCOCCCC. The molecule has 0 spiro atoms. The predicted octanol–water partition coefficient (Wildman–Crippen LogP) is 3.76. The zero-order valence-corrected chi connectivity index (χ0v) is 17.0. The summed E-state index contributed by atoms with van der Waals surface area (Å²) in [7, 11) is 0. The van der Waals surface area contributed by atoms with Gasteiger partial charge in [-0.05, 0) is 19.3 Å². The van der Waals surface area contributed by atoms with Crippen LogP contribution in [0.1, 0.15) is 65.2 Å². The molecule has 0 saturated heterocycles. The summed E-state index contributed by atoms with van der Waals surface area (Å²) < 4.78 is 26.8. The van der Waals surface area contributed by atoms with Gasteiger partial charge in [0.2, 0.25) is 0 Å². The maximum absolute atomic E-state index is 11.5. The van der Waals surface area contributed by atoms with Crippen LogP contribution in [0.5, 0.6) is 0 Å². The van der Waals surface area contributed by atoms with Crippen molar-refractivity contribution in [1.82, 2.24) is 0 Å². The van der Waals surface area contributed by atoms with Gasteiger partial charge in [-0.2, -0.15) is 0 Å². The molecular formula is C20H40O6. The van der Waals surface area contributed by atoms with Crippen molar-refractivity contribution in [2.45, 2.75) is 65.2 Å². The van der Waals surface area contributed by atoms with Crippen LogP contribution in [0, 0.1) is 0 Å². The van der Waals surface area contributed by atoms with Gasteiger partial charge in [0.05, 0.1) is 46.2 Å². The van der Waals surface area contributed by atoms with Crippen molar-refractivity contribution in [2.24, 2.45) is 0 Å². The smallest absolute Gasteiger partial charge is 0.305 e. The lowest BCUT2D eigenvalue weighted by Crippen LogP contribution is -2.12. The number of carbonyl (C=O) groups excluding carboxylic acids is 1. The summed E-state index contributed by atoms with van der Waals surface area (Å²) >= 11 is 0. The van der Waals surface area contributed by atoms with Crippen molar-refractivity contribution in [3.8, 4) is 0 Å². The zero-order valence-electron chi connectivity index (χ0n) is 17.0. The van der Waals surface area contributed by atoms with Crippen molar-refractivity contribution < 1.29 is 28.5 Å². The third-order valence-electron chi connectivity index (χ3n) is 3.69. The highest BCUT2D eigenvalue weighted by Crippen LogP contribution is 2.01. The molecular weight excluding hydrogens is 336 g/mol. The molecule has 0 aromatic carbocycles. The summed E-state index contributed by atoms with van der Waals surface area (Å²) in [6.07, 6.45) is 7.85. The van der Waals surface area contributed by atoms with Gasteiger partial charge in [0.25, 0.3) is 0 Å². The van der Waals surface area contributed by atoms with E-state index in [4.69, 9.17) is 23.7 Å². The van der Waals surface area contributed by atoms with Gasteiger partial charge in [-0.25, -0.2) is 0 Å². The molecule has 6 nitrogen and oxygen atoms in total. The quantitative estimate of drug-likeness (QED) is 0.224. The second-order valence-electron chi connectivity index (χ2n) is 6.19. The highest BCUT2D eigenvalue weighted by Gasteiger charge is 2.02. The minimum Gasteiger partial charge on any atom is -0.466 e. The number of unbranched alkanes of at least 4 members (excludes halogenated alkanes) is 4. The Hall–Kier alpha value is -0.690. The first-order valence-electron chi connectivity index (χ1n) is 10.3. The van der Waals surface area contributed by atoms with E-state index in [9.17, 15) is 4.79 Å². The van der Waals surface area contributed by atoms with Gasteiger partial charge in [0.15, 0.2) is 0 Å². The van der Waals surface area contributed by atoms with Gasteiger partial charge in [-0.15, -0.1) is 0 Å². The molecule has 0 aromatic rings. The van der Waals surface area contributed by atoms with E-state index in [1.54, 1.807) is 0 Å². The van der Waals surface area contributed by atoms with Crippen molar-refractivity contribution in [1.29, 1.82) is 0 Å². The van der Waals surface area contributed by atoms with Crippen LogP contribution >= 0.6 is 0 Å². The molecule has 156 valence electrons. The van der Waals surface area contributed by atoms with Gasteiger partial charge in [-0.1, -0.05) is 39.5 Å². The molecule has 6 heteroatoms. The van der Waals surface area contributed by atoms with E-state index in [-0.39, 0.29) is 5.97 Å². The Balaban J connectivity index is 3.09. The van der Waals surface area contributed by atoms with Crippen molar-refractivity contribution in [3.05, 3.63) is 0 Å². The van der Waals surface area contributed by atoms with Gasteiger partial charge in [0.1, 0.15) is 0 Å². The van der Waals surface area contributed by atoms with Crippen LogP contribution in [0.15, 0.2) is 0 Å². The maximum Gasteiger partial charge on any atom is 0.305 e. The lowest BCUT2D eigenvalue weighted by atomic mass is 10.2. The van der Waals surface area contributed by atoms with E-state index in [1.165, 1.54) is 12.8 Å². The van der Waals surface area contributed by atoms with Crippen LogP contribution < -0.4 is 0 Å². The van der Waals surface area contributed by atoms with E-state index in [2.05, 4.69) is 13.8 Å². The van der Waals surface area contributed by atoms with Crippen molar-refractivity contribution in [3.63, 3.8) is 0 Å². The molecule has 0 bridgehead atoms. The van der Waals surface area contributed by atoms with E-state index in [1.807, 2.05) is 0 Å². The first-order chi connectivity index (χ1) is 12.8. The first-order valence-corrected chi connectivity index (χ1v) is 10.3. The number of carbonyl (C=O) groups is 1. The van der Waals surface area contributed by atoms with E-state index in [0.29, 0.717) is 65.7 Å². The second kappa shape index (κ2) is 22.4. The highest BCUT2D eigenvalue weighted by molar-refractivity contribution is 5.69. The third-order valence-corrected chi connectivity index (χ3v) is 3.69. The molecule has 0 radical (unpaired) electrons. The van der Waals surface area contributed by atoms with Gasteiger partial charge in [-0.3, -0.25) is 4.79 Å². The van der Waals surface area contributed by atoms with Gasteiger partial charge in [0, 0.05) is 19.6 Å². The molecule has 0 atom stereocenters. The largest absolute Gasteiger partial charge is 0.466 e. The number of hydrogen-bond acceptors (Lipinski definition) is 6. The Labute approximate surface area is 159 Å². The molecule has 0 aliphatic rings. The minimum absolute atomic E-state index is 0.128. The fourth-order valence-electron chi connectivity index (χ4n) is 2.11. The standard InChI is InChI=1S/C20H40O6/c1-3-5-7-8-13-26-20(21)10-9-12-23-15-17-25-19-18-24-16-14-22-11-6-4-2/h3-19H2,1-2H3. The Morgan fingerprint density at radius 2 is 1.04 bits per heavy atom. The van der Waals surface area contributed by atoms with Crippen LogP contribution in [0.25, 0.3) is 0 Å². The lowest BCUT2D eigenvalue weighted by molar-refractivity contribution is -0.144. The normalized spacial score (nSPS) is 11.0. The summed E-state index contributed by atoms with van der Waals surface area (Å²) in [6, 6.07) is 0. The summed E-state index contributed by atoms with van der Waals surface area (Å²) in [4.78, 5) is 11.5. The summed E-state index contributed by atoms with van der Waals surface area (Å²) in [5.41, 5.74) is 0. The van der Waals surface area contributed by atoms with Crippen LogP contribution in [0.2, 0.25) is 0 Å². The number of hydrogen-bond donors (Lipinski definition) is 0. The van der Waals surface area contributed by atoms with E-state index < -0.39 is 0 Å². The Morgan fingerprint density at radius 3 is 1.58 bits per heavy atom. The average Bonchev–Trinajstić information content (AvgIpc) is 2.64. The molecule has 0 fully saturated rings. The van der Waals surface area contributed by atoms with Crippen LogP contribution in [-0.4, -0.2) is 65.4 Å². The molecule has 0 saturated carbocycles. The molecule has 0 amide bonds. The lowest BCUT2D eigenvalue weighted by Gasteiger charge is -2.07. The number of ether oxygens (including phenoxy) is 5. The molecule has 0 rings (SSSR count). The number of rotatable bonds is 21. The predicted molar refractivity (Wildman–Crippen MR) is 103 cm³/mol. The molecule has 0 aromatic heterocycles. The maximum atomic E-state index is 11.5. The molecule has 0 aliphatic heterocycles. The monoisotopic (exact) mass is 376 g/mol. The summed E-state index contributed by atoms with van der Waals surface area (Å²) in [5.74, 6) is -0.128. The Bertz CT molecular complexity index is 285. The first kappa shape index (κ1) is 25.3. The van der Waals surface area contributed by atoms with Crippen LogP contribution in [0.4, 0.5) is 0 Å². The fraction of sp³-hybridized carbons (Fsp3) is 0.950. The van der Waals surface area contributed by atoms with Gasteiger partial charge < -0.3 is 23.7 Å². The fourth-order valence-corrected chi connectivity index (χ4v) is 2.11. The molecule has 0 heterocycles. The summed E-state index contributed by atoms with van der Waals surface area (Å²) in [5, 5.41) is 0. The molecule has 0 N–H and O–H groups in total. The molecule has 26 heavy (non-hydrogen) atoms. The zero-order chi connectivity index (χ0) is 19.1. The Kier molecular flexibility index (Phi) is 21.8. The summed E-state index contributed by atoms with van der Waals surface area (Å²) in [6.45, 7) is 9.67. The van der Waals surface area contributed by atoms with Crippen molar-refractivity contribution in [2.75, 3.05) is 59.5 Å². The topological polar surface area (TPSA) is 63.2 Å². The average molecular weight is 377 g/mol. The highest BCUT2D eigenvalue weighted by atomic mass is 16.6. The van der Waals surface area contributed by atoms with Crippen molar-refractivity contribution >= 4 is 5.97 Å². The van der Waals surface area contributed by atoms with Gasteiger partial charge >= 0.3 is 5.97 Å². The van der Waals surface area contributed by atoms with E-state index in [0.717, 1.165) is 32.3 Å². The molecule has 0 aliphatic carbocycles. The Morgan fingerprint density at radius 1 is 0.538 bits per heavy atom. The van der Waals surface area contributed by atoms with Crippen LogP contribution in [0.3, 0.4) is 0 Å². The van der Waals surface area contributed by atoms with E-state index >= 15 is 0 Å². The van der Waals surface area contributed by atoms with Crippen LogP contribution in [-0.2, 0) is 28.5 Å². The molecule has 0 unspecified atom stereocenters. The number of esters is 1. The third kappa shape index (κ3) is 21.4. The minimum atomic E-state index is -0.128. The second-order valence-corrected chi connectivity index (χ2v) is 6.19.